The molecule has 4 nitrogen and oxygen atoms in total. The third-order valence-corrected chi connectivity index (χ3v) is 4.07. The number of hydrogen-bond donors (Lipinski definition) is 0. The lowest BCUT2D eigenvalue weighted by Gasteiger charge is -2.20. The molecule has 0 saturated heterocycles. The Bertz CT molecular complexity index is 890. The second-order valence-corrected chi connectivity index (χ2v) is 5.71. The molecule has 0 heterocycles. The van der Waals surface area contributed by atoms with Gasteiger partial charge < -0.3 is 4.74 Å². The van der Waals surface area contributed by atoms with Crippen molar-refractivity contribution in [2.24, 2.45) is 0 Å². The van der Waals surface area contributed by atoms with Crippen molar-refractivity contribution in [3.05, 3.63) is 81.9 Å². The Hall–Kier alpha value is -3.01. The first-order chi connectivity index (χ1) is 11.5. The molecule has 0 saturated carbocycles. The zero-order valence-corrected chi connectivity index (χ0v) is 13.5. The van der Waals surface area contributed by atoms with Gasteiger partial charge in [-0.2, -0.15) is 0 Å². The molecular weight excluding hydrogens is 304 g/mol. The van der Waals surface area contributed by atoms with Crippen LogP contribution in [0.2, 0.25) is 0 Å². The van der Waals surface area contributed by atoms with Crippen LogP contribution in [0.15, 0.2) is 59.7 Å². The summed E-state index contributed by atoms with van der Waals surface area (Å²) >= 11 is 0. The lowest BCUT2D eigenvalue weighted by atomic mass is 9.81. The van der Waals surface area contributed by atoms with Crippen LogP contribution >= 0.6 is 0 Å². The first-order valence-corrected chi connectivity index (χ1v) is 7.58. The molecular formula is C20H16O4. The maximum absolute atomic E-state index is 12.9. The van der Waals surface area contributed by atoms with Crippen molar-refractivity contribution in [3.63, 3.8) is 0 Å². The van der Waals surface area contributed by atoms with E-state index in [-0.39, 0.29) is 28.9 Å². The fourth-order valence-electron chi connectivity index (χ4n) is 2.94. The maximum Gasteiger partial charge on any atom is 0.342 e. The minimum atomic E-state index is -0.773. The summed E-state index contributed by atoms with van der Waals surface area (Å²) in [6.07, 6.45) is 0.213. The Morgan fingerprint density at radius 2 is 1.62 bits per heavy atom. The number of Topliss-reactive ketones (excluding diaryl/α,β-unsaturated/α-hetero) is 2. The normalized spacial score (nSPS) is 13.8. The average molecular weight is 320 g/mol. The smallest absolute Gasteiger partial charge is 0.342 e. The van der Waals surface area contributed by atoms with Gasteiger partial charge in [0.15, 0.2) is 5.78 Å². The Labute approximate surface area is 139 Å². The van der Waals surface area contributed by atoms with Crippen molar-refractivity contribution < 1.29 is 19.1 Å². The zero-order valence-electron chi connectivity index (χ0n) is 13.5. The molecule has 0 fully saturated rings. The van der Waals surface area contributed by atoms with Gasteiger partial charge in [0, 0.05) is 23.1 Å². The average Bonchev–Trinajstić information content (AvgIpc) is 2.59. The van der Waals surface area contributed by atoms with Crippen molar-refractivity contribution in [2.45, 2.75) is 13.3 Å². The third kappa shape index (κ3) is 2.67. The summed E-state index contributed by atoms with van der Waals surface area (Å²) in [6.45, 7) is 1.95. The number of benzene rings is 2. The van der Waals surface area contributed by atoms with Crippen molar-refractivity contribution >= 4 is 17.5 Å². The number of aryl methyl sites for hydroxylation is 1. The molecule has 120 valence electrons. The number of ketones is 2. The van der Waals surface area contributed by atoms with E-state index in [9.17, 15) is 14.4 Å². The number of carbonyl (C=O) groups excluding carboxylic acids is 3. The van der Waals surface area contributed by atoms with Crippen LogP contribution in [0.25, 0.3) is 0 Å². The Kier molecular flexibility index (Phi) is 4.13. The number of rotatable bonds is 3. The van der Waals surface area contributed by atoms with Crippen molar-refractivity contribution in [1.29, 1.82) is 0 Å². The summed E-state index contributed by atoms with van der Waals surface area (Å²) in [5.74, 6) is -1.53. The summed E-state index contributed by atoms with van der Waals surface area (Å²) in [6, 6.07) is 14.2. The SMILES string of the molecule is COC(=O)C1=C(Cc2cccc(C)c2)C(=O)c2ccccc2C1=O. The van der Waals surface area contributed by atoms with Crippen molar-refractivity contribution in [1.82, 2.24) is 0 Å². The molecule has 0 unspecified atom stereocenters. The van der Waals surface area contributed by atoms with E-state index in [0.29, 0.717) is 5.56 Å². The zero-order chi connectivity index (χ0) is 17.3. The van der Waals surface area contributed by atoms with E-state index in [1.54, 1.807) is 24.3 Å². The number of esters is 1. The van der Waals surface area contributed by atoms with Crippen molar-refractivity contribution in [3.8, 4) is 0 Å². The van der Waals surface area contributed by atoms with Gasteiger partial charge in [0.05, 0.1) is 7.11 Å². The minimum absolute atomic E-state index is 0.164. The first-order valence-electron chi connectivity index (χ1n) is 7.58. The lowest BCUT2D eigenvalue weighted by molar-refractivity contribution is -0.135. The highest BCUT2D eigenvalue weighted by Crippen LogP contribution is 2.29. The summed E-state index contributed by atoms with van der Waals surface area (Å²) in [4.78, 5) is 37.7. The fraction of sp³-hybridized carbons (Fsp3) is 0.150. The van der Waals surface area contributed by atoms with Gasteiger partial charge in [-0.1, -0.05) is 54.1 Å². The predicted octanol–water partition coefficient (Wildman–Crippen LogP) is 3.09. The van der Waals surface area contributed by atoms with Gasteiger partial charge >= 0.3 is 5.97 Å². The molecule has 0 radical (unpaired) electrons. The quantitative estimate of drug-likeness (QED) is 0.644. The number of carbonyl (C=O) groups is 3. The molecule has 2 aromatic rings. The first kappa shape index (κ1) is 15.9. The van der Waals surface area contributed by atoms with E-state index in [2.05, 4.69) is 0 Å². The highest BCUT2D eigenvalue weighted by atomic mass is 16.5. The molecule has 0 aliphatic heterocycles. The van der Waals surface area contributed by atoms with Crippen LogP contribution in [0, 0.1) is 6.92 Å². The van der Waals surface area contributed by atoms with Gasteiger partial charge in [-0.15, -0.1) is 0 Å². The largest absolute Gasteiger partial charge is 0.465 e. The van der Waals surface area contributed by atoms with E-state index in [1.165, 1.54) is 7.11 Å². The molecule has 24 heavy (non-hydrogen) atoms. The van der Waals surface area contributed by atoms with E-state index in [4.69, 9.17) is 4.74 Å². The highest BCUT2D eigenvalue weighted by molar-refractivity contribution is 6.35. The van der Waals surface area contributed by atoms with Crippen LogP contribution in [0.5, 0.6) is 0 Å². The topological polar surface area (TPSA) is 60.4 Å². The Morgan fingerprint density at radius 1 is 0.958 bits per heavy atom. The van der Waals surface area contributed by atoms with Gasteiger partial charge in [-0.25, -0.2) is 4.79 Å². The number of methoxy groups -OCH3 is 1. The van der Waals surface area contributed by atoms with E-state index < -0.39 is 11.8 Å². The number of hydrogen-bond acceptors (Lipinski definition) is 4. The van der Waals surface area contributed by atoms with Gasteiger partial charge in [-0.3, -0.25) is 9.59 Å². The fourth-order valence-corrected chi connectivity index (χ4v) is 2.94. The third-order valence-electron chi connectivity index (χ3n) is 4.07. The molecule has 0 bridgehead atoms. The molecule has 4 heteroatoms. The molecule has 0 atom stereocenters. The predicted molar refractivity (Wildman–Crippen MR) is 89.0 cm³/mol. The molecule has 0 N–H and O–H groups in total. The number of fused-ring (bicyclic) bond motifs is 1. The minimum Gasteiger partial charge on any atom is -0.465 e. The van der Waals surface area contributed by atoms with Crippen LogP contribution in [0.1, 0.15) is 31.8 Å². The number of allylic oxidation sites excluding steroid dienone is 1. The highest BCUT2D eigenvalue weighted by Gasteiger charge is 2.36. The summed E-state index contributed by atoms with van der Waals surface area (Å²) < 4.78 is 4.75. The van der Waals surface area contributed by atoms with E-state index >= 15 is 0 Å². The number of ether oxygens (including phenoxy) is 1. The monoisotopic (exact) mass is 320 g/mol. The summed E-state index contributed by atoms with van der Waals surface area (Å²) in [5.41, 5.74) is 2.52. The van der Waals surface area contributed by atoms with Gasteiger partial charge in [0.2, 0.25) is 5.78 Å². The van der Waals surface area contributed by atoms with Crippen LogP contribution in [0.3, 0.4) is 0 Å². The van der Waals surface area contributed by atoms with Crippen LogP contribution < -0.4 is 0 Å². The molecule has 0 amide bonds. The van der Waals surface area contributed by atoms with Gasteiger partial charge in [-0.05, 0) is 12.5 Å². The Balaban J connectivity index is 2.15. The van der Waals surface area contributed by atoms with Gasteiger partial charge in [0.25, 0.3) is 0 Å². The summed E-state index contributed by atoms with van der Waals surface area (Å²) in [7, 11) is 1.21. The molecule has 1 aliphatic carbocycles. The molecule has 2 aromatic carbocycles. The lowest BCUT2D eigenvalue weighted by Crippen LogP contribution is -2.28. The van der Waals surface area contributed by atoms with Crippen LogP contribution in [0.4, 0.5) is 0 Å². The van der Waals surface area contributed by atoms with Crippen LogP contribution in [-0.4, -0.2) is 24.6 Å². The second-order valence-electron chi connectivity index (χ2n) is 5.71. The van der Waals surface area contributed by atoms with Crippen molar-refractivity contribution in [2.75, 3.05) is 7.11 Å². The molecule has 0 spiro atoms. The maximum atomic E-state index is 12.9. The van der Waals surface area contributed by atoms with E-state index in [1.807, 2.05) is 31.2 Å². The molecule has 0 aromatic heterocycles. The Morgan fingerprint density at radius 3 is 2.25 bits per heavy atom. The second kappa shape index (κ2) is 6.24. The standard InChI is InChI=1S/C20H16O4/c1-12-6-5-7-13(10-12)11-16-17(20(23)24-2)19(22)15-9-4-3-8-14(15)18(16)21/h3-10H,11H2,1-2H3. The van der Waals surface area contributed by atoms with E-state index in [0.717, 1.165) is 11.1 Å². The summed E-state index contributed by atoms with van der Waals surface area (Å²) in [5, 5.41) is 0. The molecule has 1 aliphatic rings. The molecule has 3 rings (SSSR count). The van der Waals surface area contributed by atoms with Crippen LogP contribution in [-0.2, 0) is 16.0 Å². The van der Waals surface area contributed by atoms with Gasteiger partial charge in [0.1, 0.15) is 5.57 Å².